The fourth-order valence-electron chi connectivity index (χ4n) is 4.32. The molecule has 0 N–H and O–H groups in total. The monoisotopic (exact) mass is 536 g/mol. The van der Waals surface area contributed by atoms with Gasteiger partial charge in [-0.05, 0) is 50.8 Å². The van der Waals surface area contributed by atoms with E-state index < -0.39 is 0 Å². The van der Waals surface area contributed by atoms with Crippen LogP contribution in [0.1, 0.15) is 58.2 Å². The molecule has 0 radical (unpaired) electrons. The van der Waals surface area contributed by atoms with Crippen molar-refractivity contribution in [2.24, 2.45) is 5.92 Å². The molecule has 0 amide bonds. The van der Waals surface area contributed by atoms with Crippen LogP contribution in [0, 0.1) is 19.8 Å². The molecule has 38 heavy (non-hydrogen) atoms. The van der Waals surface area contributed by atoms with Crippen molar-refractivity contribution in [3.8, 4) is 11.3 Å². The number of benzene rings is 1. The molecular weight excluding hydrogens is 504 g/mol. The third-order valence-corrected chi connectivity index (χ3v) is 7.63. The SMILES string of the molecule is CCOC(=O)C1CCN(c2cnc(C(=O)Cc3nc(-c4ccc(C)c(C)c4)c(COC(C)=O)s3)cn2)CC1. The first-order chi connectivity index (χ1) is 18.2. The molecule has 0 bridgehead atoms. The van der Waals surface area contributed by atoms with Crippen molar-refractivity contribution in [3.63, 3.8) is 0 Å². The van der Waals surface area contributed by atoms with E-state index in [2.05, 4.69) is 14.9 Å². The number of rotatable bonds is 9. The second kappa shape index (κ2) is 12.3. The first kappa shape index (κ1) is 27.4. The molecule has 3 aromatic rings. The number of Topliss-reactive ketones (excluding diaryl/α,β-unsaturated/α-hetero) is 1. The number of piperidine rings is 1. The Morgan fingerprint density at radius 3 is 2.45 bits per heavy atom. The van der Waals surface area contributed by atoms with Crippen LogP contribution in [0.2, 0.25) is 0 Å². The number of ether oxygens (including phenoxy) is 2. The maximum Gasteiger partial charge on any atom is 0.309 e. The Morgan fingerprint density at radius 2 is 1.82 bits per heavy atom. The van der Waals surface area contributed by atoms with Gasteiger partial charge in [-0.15, -0.1) is 11.3 Å². The van der Waals surface area contributed by atoms with Gasteiger partial charge in [-0.2, -0.15) is 0 Å². The van der Waals surface area contributed by atoms with Gasteiger partial charge in [0.05, 0.1) is 41.9 Å². The fraction of sp³-hybridized carbons (Fsp3) is 0.429. The Labute approximate surface area is 226 Å². The van der Waals surface area contributed by atoms with Crippen LogP contribution in [0.25, 0.3) is 11.3 Å². The zero-order valence-corrected chi connectivity index (χ0v) is 23.0. The normalized spacial score (nSPS) is 13.8. The minimum Gasteiger partial charge on any atom is -0.466 e. The second-order valence-corrected chi connectivity index (χ2v) is 10.5. The van der Waals surface area contributed by atoms with Gasteiger partial charge in [-0.1, -0.05) is 12.1 Å². The zero-order chi connectivity index (χ0) is 27.2. The lowest BCUT2D eigenvalue weighted by Crippen LogP contribution is -2.37. The average Bonchev–Trinajstić information content (AvgIpc) is 3.31. The lowest BCUT2D eigenvalue weighted by atomic mass is 9.97. The summed E-state index contributed by atoms with van der Waals surface area (Å²) in [5, 5.41) is 0.622. The molecule has 0 unspecified atom stereocenters. The highest BCUT2D eigenvalue weighted by Crippen LogP contribution is 2.31. The predicted molar refractivity (Wildman–Crippen MR) is 144 cm³/mol. The summed E-state index contributed by atoms with van der Waals surface area (Å²) in [7, 11) is 0. The molecule has 4 rings (SSSR count). The van der Waals surface area contributed by atoms with Gasteiger partial charge in [-0.25, -0.2) is 15.0 Å². The Kier molecular flexibility index (Phi) is 8.83. The molecule has 1 aromatic carbocycles. The molecule has 0 spiro atoms. The second-order valence-electron chi connectivity index (χ2n) is 9.33. The van der Waals surface area contributed by atoms with Crippen molar-refractivity contribution < 1.29 is 23.9 Å². The average molecular weight is 537 g/mol. The van der Waals surface area contributed by atoms with Gasteiger partial charge >= 0.3 is 11.9 Å². The topological polar surface area (TPSA) is 112 Å². The highest BCUT2D eigenvalue weighted by molar-refractivity contribution is 7.12. The Morgan fingerprint density at radius 1 is 1.05 bits per heavy atom. The van der Waals surface area contributed by atoms with Crippen LogP contribution >= 0.6 is 11.3 Å². The van der Waals surface area contributed by atoms with E-state index in [1.54, 1.807) is 6.20 Å². The van der Waals surface area contributed by atoms with Gasteiger partial charge in [0.2, 0.25) is 0 Å². The molecule has 1 fully saturated rings. The number of esters is 2. The Hall–Kier alpha value is -3.66. The van der Waals surface area contributed by atoms with E-state index >= 15 is 0 Å². The highest BCUT2D eigenvalue weighted by Gasteiger charge is 2.27. The minimum atomic E-state index is -0.373. The fourth-order valence-corrected chi connectivity index (χ4v) is 5.32. The molecule has 2 aromatic heterocycles. The van der Waals surface area contributed by atoms with E-state index in [0.29, 0.717) is 43.4 Å². The molecule has 0 atom stereocenters. The maximum atomic E-state index is 13.0. The molecule has 10 heteroatoms. The number of carbonyl (C=O) groups excluding carboxylic acids is 3. The first-order valence-corrected chi connectivity index (χ1v) is 13.5. The van der Waals surface area contributed by atoms with Gasteiger partial charge in [0.15, 0.2) is 5.78 Å². The van der Waals surface area contributed by atoms with Crippen LogP contribution in [-0.2, 0) is 32.1 Å². The summed E-state index contributed by atoms with van der Waals surface area (Å²) in [5.41, 5.74) is 4.20. The largest absolute Gasteiger partial charge is 0.466 e. The third-order valence-electron chi connectivity index (χ3n) is 6.60. The number of aryl methyl sites for hydroxylation is 2. The van der Waals surface area contributed by atoms with Crippen molar-refractivity contribution in [2.75, 3.05) is 24.6 Å². The van der Waals surface area contributed by atoms with E-state index in [1.807, 2.05) is 39.0 Å². The molecule has 0 aliphatic carbocycles. The van der Waals surface area contributed by atoms with Crippen LogP contribution in [0.15, 0.2) is 30.6 Å². The van der Waals surface area contributed by atoms with Crippen molar-refractivity contribution in [1.82, 2.24) is 15.0 Å². The van der Waals surface area contributed by atoms with Gasteiger partial charge in [0.25, 0.3) is 0 Å². The summed E-state index contributed by atoms with van der Waals surface area (Å²) in [6, 6.07) is 6.06. The van der Waals surface area contributed by atoms with Crippen molar-refractivity contribution in [3.05, 3.63) is 57.3 Å². The summed E-state index contributed by atoms with van der Waals surface area (Å²) in [4.78, 5) is 52.8. The van der Waals surface area contributed by atoms with Gasteiger partial charge < -0.3 is 14.4 Å². The molecule has 9 nitrogen and oxygen atoms in total. The van der Waals surface area contributed by atoms with Crippen molar-refractivity contribution >= 4 is 34.9 Å². The number of carbonyl (C=O) groups is 3. The molecule has 3 heterocycles. The number of hydrogen-bond acceptors (Lipinski definition) is 10. The summed E-state index contributed by atoms with van der Waals surface area (Å²) < 4.78 is 10.4. The Bertz CT molecular complexity index is 1310. The summed E-state index contributed by atoms with van der Waals surface area (Å²) in [6.07, 6.45) is 4.56. The summed E-state index contributed by atoms with van der Waals surface area (Å²) >= 11 is 1.36. The van der Waals surface area contributed by atoms with Gasteiger partial charge in [0.1, 0.15) is 23.1 Å². The number of aromatic nitrogens is 3. The van der Waals surface area contributed by atoms with Crippen LogP contribution in [0.3, 0.4) is 0 Å². The first-order valence-electron chi connectivity index (χ1n) is 12.7. The highest BCUT2D eigenvalue weighted by atomic mass is 32.1. The molecular formula is C28H32N4O5S. The van der Waals surface area contributed by atoms with Crippen molar-refractivity contribution in [2.45, 2.75) is 53.6 Å². The number of hydrogen-bond donors (Lipinski definition) is 0. The standard InChI is InChI=1S/C28H32N4O5S/c1-5-36-28(35)20-8-10-32(11-9-20)25-15-29-22(14-30-25)23(34)13-26-31-27(24(38-26)16-37-19(4)33)21-7-6-17(2)18(3)12-21/h6-7,12,14-15,20H,5,8-11,13,16H2,1-4H3. The van der Waals surface area contributed by atoms with Crippen LogP contribution in [0.4, 0.5) is 5.82 Å². The van der Waals surface area contributed by atoms with E-state index in [0.717, 1.165) is 21.7 Å². The zero-order valence-electron chi connectivity index (χ0n) is 22.2. The maximum absolute atomic E-state index is 13.0. The lowest BCUT2D eigenvalue weighted by molar-refractivity contribution is -0.148. The number of nitrogens with zero attached hydrogens (tertiary/aromatic N) is 4. The number of anilines is 1. The lowest BCUT2D eigenvalue weighted by Gasteiger charge is -2.31. The molecule has 1 aliphatic rings. The van der Waals surface area contributed by atoms with Crippen LogP contribution in [-0.4, -0.2) is 52.4 Å². The molecule has 1 aliphatic heterocycles. The third kappa shape index (κ3) is 6.61. The van der Waals surface area contributed by atoms with E-state index in [4.69, 9.17) is 14.5 Å². The van der Waals surface area contributed by atoms with E-state index in [-0.39, 0.29) is 42.4 Å². The van der Waals surface area contributed by atoms with E-state index in [1.165, 1.54) is 30.0 Å². The van der Waals surface area contributed by atoms with E-state index in [9.17, 15) is 14.4 Å². The molecule has 200 valence electrons. The van der Waals surface area contributed by atoms with Crippen molar-refractivity contribution in [1.29, 1.82) is 0 Å². The van der Waals surface area contributed by atoms with Gasteiger partial charge in [-0.3, -0.25) is 14.4 Å². The van der Waals surface area contributed by atoms with Crippen LogP contribution in [0.5, 0.6) is 0 Å². The summed E-state index contributed by atoms with van der Waals surface area (Å²) in [6.45, 7) is 9.10. The molecule has 1 saturated heterocycles. The van der Waals surface area contributed by atoms with Crippen LogP contribution < -0.4 is 4.90 Å². The smallest absolute Gasteiger partial charge is 0.309 e. The quantitative estimate of drug-likeness (QED) is 0.288. The summed E-state index contributed by atoms with van der Waals surface area (Å²) in [5.74, 6) is -0.110. The number of ketones is 1. The van der Waals surface area contributed by atoms with Gasteiger partial charge in [0, 0.05) is 25.6 Å². The minimum absolute atomic E-state index is 0.0710. The Balaban J connectivity index is 1.44. The molecule has 0 saturated carbocycles. The number of thiazole rings is 1. The predicted octanol–water partition coefficient (Wildman–Crippen LogP) is 4.48.